The van der Waals surface area contributed by atoms with E-state index >= 15 is 0 Å². The zero-order valence-electron chi connectivity index (χ0n) is 9.47. The maximum atomic E-state index is 11.4. The van der Waals surface area contributed by atoms with Gasteiger partial charge in [-0.25, -0.2) is 4.68 Å². The van der Waals surface area contributed by atoms with Crippen molar-refractivity contribution in [1.29, 1.82) is 0 Å². The second kappa shape index (κ2) is 4.31. The van der Waals surface area contributed by atoms with Crippen molar-refractivity contribution in [3.05, 3.63) is 47.8 Å². The summed E-state index contributed by atoms with van der Waals surface area (Å²) >= 11 is 0. The van der Waals surface area contributed by atoms with Crippen LogP contribution in [-0.2, 0) is 6.42 Å². The molecule has 16 heavy (non-hydrogen) atoms. The highest BCUT2D eigenvalue weighted by atomic mass is 16.1. The van der Waals surface area contributed by atoms with Gasteiger partial charge in [-0.2, -0.15) is 5.10 Å². The van der Waals surface area contributed by atoms with E-state index in [4.69, 9.17) is 0 Å². The lowest BCUT2D eigenvalue weighted by Crippen LogP contribution is -2.04. The first-order valence-electron chi connectivity index (χ1n) is 5.37. The van der Waals surface area contributed by atoms with E-state index in [1.165, 1.54) is 0 Å². The molecule has 0 unspecified atom stereocenters. The lowest BCUT2D eigenvalue weighted by molar-refractivity contribution is 0.101. The van der Waals surface area contributed by atoms with E-state index in [0.29, 0.717) is 5.56 Å². The van der Waals surface area contributed by atoms with Gasteiger partial charge >= 0.3 is 0 Å². The van der Waals surface area contributed by atoms with Crippen molar-refractivity contribution in [2.75, 3.05) is 0 Å². The fourth-order valence-electron chi connectivity index (χ4n) is 1.80. The van der Waals surface area contributed by atoms with Gasteiger partial charge in [0.1, 0.15) is 0 Å². The van der Waals surface area contributed by atoms with Crippen LogP contribution in [0.2, 0.25) is 0 Å². The number of carbonyl (C=O) groups excluding carboxylic acids is 1. The highest BCUT2D eigenvalue weighted by molar-refractivity contribution is 5.95. The van der Waals surface area contributed by atoms with Crippen molar-refractivity contribution in [2.24, 2.45) is 0 Å². The molecule has 1 aromatic heterocycles. The zero-order chi connectivity index (χ0) is 11.5. The summed E-state index contributed by atoms with van der Waals surface area (Å²) < 4.78 is 1.83. The van der Waals surface area contributed by atoms with Crippen molar-refractivity contribution in [3.63, 3.8) is 0 Å². The van der Waals surface area contributed by atoms with Crippen LogP contribution in [0.15, 0.2) is 36.5 Å². The number of rotatable bonds is 3. The number of aromatic nitrogens is 2. The van der Waals surface area contributed by atoms with E-state index in [9.17, 15) is 4.79 Å². The number of nitrogens with zero attached hydrogens (tertiary/aromatic N) is 2. The third kappa shape index (κ3) is 1.76. The van der Waals surface area contributed by atoms with Crippen LogP contribution >= 0.6 is 0 Å². The molecular weight excluding hydrogens is 200 g/mol. The van der Waals surface area contributed by atoms with Crippen LogP contribution in [-0.4, -0.2) is 15.6 Å². The fraction of sp³-hybridized carbons (Fsp3) is 0.231. The molecule has 0 N–H and O–H groups in total. The molecule has 0 aliphatic carbocycles. The number of ketones is 1. The minimum Gasteiger partial charge on any atom is -0.294 e. The molecule has 2 aromatic rings. The van der Waals surface area contributed by atoms with Crippen molar-refractivity contribution in [1.82, 2.24) is 9.78 Å². The van der Waals surface area contributed by atoms with Gasteiger partial charge in [0.05, 0.1) is 23.1 Å². The number of hydrogen-bond acceptors (Lipinski definition) is 2. The summed E-state index contributed by atoms with van der Waals surface area (Å²) in [4.78, 5) is 11.4. The Morgan fingerprint density at radius 3 is 2.56 bits per heavy atom. The third-order valence-corrected chi connectivity index (χ3v) is 2.58. The smallest absolute Gasteiger partial charge is 0.163 e. The van der Waals surface area contributed by atoms with Crippen LogP contribution in [0.4, 0.5) is 0 Å². The second-order valence-electron chi connectivity index (χ2n) is 3.66. The molecule has 2 rings (SSSR count). The third-order valence-electron chi connectivity index (χ3n) is 2.58. The van der Waals surface area contributed by atoms with E-state index in [0.717, 1.165) is 17.8 Å². The van der Waals surface area contributed by atoms with E-state index in [1.807, 2.05) is 41.9 Å². The van der Waals surface area contributed by atoms with E-state index < -0.39 is 0 Å². The predicted octanol–water partition coefficient (Wildman–Crippen LogP) is 2.64. The SMILES string of the molecule is CCc1c(C(C)=O)cnn1-c1ccccc1. The Labute approximate surface area is 94.7 Å². The molecule has 1 heterocycles. The normalized spacial score (nSPS) is 10.4. The predicted molar refractivity (Wildman–Crippen MR) is 62.9 cm³/mol. The average molecular weight is 214 g/mol. The van der Waals surface area contributed by atoms with E-state index in [1.54, 1.807) is 13.1 Å². The lowest BCUT2D eigenvalue weighted by Gasteiger charge is -2.06. The highest BCUT2D eigenvalue weighted by Crippen LogP contribution is 2.15. The minimum atomic E-state index is 0.0685. The molecule has 0 saturated heterocycles. The van der Waals surface area contributed by atoms with Crippen molar-refractivity contribution >= 4 is 5.78 Å². The Bertz CT molecular complexity index is 500. The van der Waals surface area contributed by atoms with Crippen molar-refractivity contribution in [3.8, 4) is 5.69 Å². The molecule has 82 valence electrons. The van der Waals surface area contributed by atoms with Gasteiger partial charge in [-0.3, -0.25) is 4.79 Å². The van der Waals surface area contributed by atoms with Gasteiger partial charge in [-0.1, -0.05) is 25.1 Å². The molecule has 3 nitrogen and oxygen atoms in total. The standard InChI is InChI=1S/C13H14N2O/c1-3-13-12(10(2)16)9-14-15(13)11-7-5-4-6-8-11/h4-9H,3H2,1-2H3. The largest absolute Gasteiger partial charge is 0.294 e. The molecule has 0 aliphatic rings. The number of hydrogen-bond donors (Lipinski definition) is 0. The van der Waals surface area contributed by atoms with Crippen LogP contribution in [0.3, 0.4) is 0 Å². The number of para-hydroxylation sites is 1. The van der Waals surface area contributed by atoms with Gasteiger partial charge < -0.3 is 0 Å². The fourth-order valence-corrected chi connectivity index (χ4v) is 1.80. The van der Waals surface area contributed by atoms with Crippen molar-refractivity contribution < 1.29 is 4.79 Å². The van der Waals surface area contributed by atoms with Gasteiger partial charge in [0, 0.05) is 0 Å². The molecule has 0 aliphatic heterocycles. The molecule has 1 aromatic carbocycles. The van der Waals surface area contributed by atoms with Crippen LogP contribution < -0.4 is 0 Å². The maximum absolute atomic E-state index is 11.4. The molecule has 0 fully saturated rings. The first kappa shape index (κ1) is 10.6. The van der Waals surface area contributed by atoms with E-state index in [-0.39, 0.29) is 5.78 Å². The molecular formula is C13H14N2O. The summed E-state index contributed by atoms with van der Waals surface area (Å²) in [6, 6.07) is 9.85. The van der Waals surface area contributed by atoms with E-state index in [2.05, 4.69) is 5.10 Å². The number of Topliss-reactive ketones (excluding diaryl/α,β-unsaturated/α-hetero) is 1. The molecule has 0 bridgehead atoms. The molecule has 0 amide bonds. The van der Waals surface area contributed by atoms with Gasteiger partial charge in [-0.05, 0) is 25.5 Å². The van der Waals surface area contributed by atoms with Gasteiger partial charge in [0.25, 0.3) is 0 Å². The quantitative estimate of drug-likeness (QED) is 0.736. The topological polar surface area (TPSA) is 34.9 Å². The lowest BCUT2D eigenvalue weighted by atomic mass is 10.1. The highest BCUT2D eigenvalue weighted by Gasteiger charge is 2.13. The second-order valence-corrected chi connectivity index (χ2v) is 3.66. The summed E-state index contributed by atoms with van der Waals surface area (Å²) in [5, 5.41) is 4.27. The molecule has 0 radical (unpaired) electrons. The Morgan fingerprint density at radius 2 is 2.00 bits per heavy atom. The van der Waals surface area contributed by atoms with Crippen LogP contribution in [0.25, 0.3) is 5.69 Å². The summed E-state index contributed by atoms with van der Waals surface area (Å²) in [5.74, 6) is 0.0685. The van der Waals surface area contributed by atoms with Crippen LogP contribution in [0.1, 0.15) is 29.9 Å². The molecule has 0 saturated carbocycles. The summed E-state index contributed by atoms with van der Waals surface area (Å²) in [7, 11) is 0. The Morgan fingerprint density at radius 1 is 1.31 bits per heavy atom. The minimum absolute atomic E-state index is 0.0685. The average Bonchev–Trinajstić information content (AvgIpc) is 2.73. The first-order valence-corrected chi connectivity index (χ1v) is 5.37. The summed E-state index contributed by atoms with van der Waals surface area (Å²) in [6.07, 6.45) is 2.44. The maximum Gasteiger partial charge on any atom is 0.163 e. The molecule has 3 heteroatoms. The van der Waals surface area contributed by atoms with Gasteiger partial charge in [0.2, 0.25) is 0 Å². The first-order chi connectivity index (χ1) is 7.74. The molecule has 0 spiro atoms. The van der Waals surface area contributed by atoms with Gasteiger partial charge in [0.15, 0.2) is 5.78 Å². The van der Waals surface area contributed by atoms with Crippen LogP contribution in [0, 0.1) is 0 Å². The Hall–Kier alpha value is -1.90. The van der Waals surface area contributed by atoms with Crippen molar-refractivity contribution in [2.45, 2.75) is 20.3 Å². The van der Waals surface area contributed by atoms with Crippen LogP contribution in [0.5, 0.6) is 0 Å². The number of benzene rings is 1. The Kier molecular flexibility index (Phi) is 2.86. The van der Waals surface area contributed by atoms with Gasteiger partial charge in [-0.15, -0.1) is 0 Å². The molecule has 0 atom stereocenters. The summed E-state index contributed by atoms with van der Waals surface area (Å²) in [5.41, 5.74) is 2.68. The number of carbonyl (C=O) groups is 1. The summed E-state index contributed by atoms with van der Waals surface area (Å²) in [6.45, 7) is 3.61. The zero-order valence-corrected chi connectivity index (χ0v) is 9.47. The Balaban J connectivity index is 2.54. The monoisotopic (exact) mass is 214 g/mol.